The Morgan fingerprint density at radius 2 is 1.76 bits per heavy atom. The van der Waals surface area contributed by atoms with Crippen molar-refractivity contribution in [2.24, 2.45) is 0 Å². The molecule has 1 atom stereocenters. The van der Waals surface area contributed by atoms with Crippen molar-refractivity contribution in [1.82, 2.24) is 16.2 Å². The van der Waals surface area contributed by atoms with Crippen LogP contribution in [-0.2, 0) is 14.4 Å². The molecule has 0 aromatic heterocycles. The third-order valence-corrected chi connectivity index (χ3v) is 3.67. The smallest absolute Gasteiger partial charge is 0.276 e. The van der Waals surface area contributed by atoms with Gasteiger partial charge in [-0.05, 0) is 30.7 Å². The summed E-state index contributed by atoms with van der Waals surface area (Å²) in [6.45, 7) is 1.09. The highest BCUT2D eigenvalue weighted by molar-refractivity contribution is 5.95. The number of para-hydroxylation sites is 1. The minimum atomic E-state index is -0.872. The lowest BCUT2D eigenvalue weighted by molar-refractivity contribution is -0.131. The molecular formula is C21H20N4O4. The summed E-state index contributed by atoms with van der Waals surface area (Å²) in [6, 6.07) is 16.8. The van der Waals surface area contributed by atoms with E-state index < -0.39 is 23.8 Å². The highest BCUT2D eigenvalue weighted by atomic mass is 16.5. The molecule has 3 amide bonds. The Labute approximate surface area is 168 Å². The van der Waals surface area contributed by atoms with Crippen LogP contribution in [0.25, 0.3) is 6.08 Å². The first-order valence-electron chi connectivity index (χ1n) is 8.74. The molecular weight excluding hydrogens is 372 g/mol. The highest BCUT2D eigenvalue weighted by Gasteiger charge is 2.15. The van der Waals surface area contributed by atoms with Crippen LogP contribution in [0.5, 0.6) is 5.75 Å². The number of hydrogen-bond donors (Lipinski definition) is 3. The van der Waals surface area contributed by atoms with Crippen molar-refractivity contribution in [2.75, 3.05) is 6.61 Å². The Bertz CT molecular complexity index is 935. The molecule has 0 saturated carbocycles. The van der Waals surface area contributed by atoms with Crippen LogP contribution < -0.4 is 20.9 Å². The molecule has 0 radical (unpaired) electrons. The zero-order valence-electron chi connectivity index (χ0n) is 15.7. The number of carbonyl (C=O) groups excluding carboxylic acids is 3. The van der Waals surface area contributed by atoms with Crippen molar-refractivity contribution in [3.05, 3.63) is 71.8 Å². The molecule has 148 valence electrons. The van der Waals surface area contributed by atoms with E-state index in [9.17, 15) is 14.4 Å². The molecule has 2 aromatic carbocycles. The number of nitrogens with zero attached hydrogens (tertiary/aromatic N) is 1. The van der Waals surface area contributed by atoms with Gasteiger partial charge in [-0.1, -0.05) is 42.5 Å². The molecule has 0 spiro atoms. The lowest BCUT2D eigenvalue weighted by Crippen LogP contribution is -2.51. The van der Waals surface area contributed by atoms with Gasteiger partial charge in [-0.25, -0.2) is 0 Å². The first kappa shape index (κ1) is 21.2. The second-order valence-corrected chi connectivity index (χ2v) is 5.91. The van der Waals surface area contributed by atoms with Gasteiger partial charge >= 0.3 is 0 Å². The topological polar surface area (TPSA) is 120 Å². The molecule has 8 heteroatoms. The van der Waals surface area contributed by atoms with Gasteiger partial charge in [-0.15, -0.1) is 0 Å². The summed E-state index contributed by atoms with van der Waals surface area (Å²) in [5.41, 5.74) is 5.54. The summed E-state index contributed by atoms with van der Waals surface area (Å²) >= 11 is 0. The van der Waals surface area contributed by atoms with Gasteiger partial charge in [0.25, 0.3) is 11.8 Å². The first-order chi connectivity index (χ1) is 14.0. The van der Waals surface area contributed by atoms with Gasteiger partial charge in [0.1, 0.15) is 17.9 Å². The van der Waals surface area contributed by atoms with Crippen LogP contribution >= 0.6 is 0 Å². The number of carbonyl (C=O) groups is 3. The number of hydrogen-bond acceptors (Lipinski definition) is 5. The Kier molecular flexibility index (Phi) is 7.96. The second kappa shape index (κ2) is 10.9. The summed E-state index contributed by atoms with van der Waals surface area (Å²) in [4.78, 5) is 35.7. The first-order valence-corrected chi connectivity index (χ1v) is 8.74. The van der Waals surface area contributed by atoms with Gasteiger partial charge < -0.3 is 10.1 Å². The third kappa shape index (κ3) is 7.19. The molecule has 2 aromatic rings. The minimum Gasteiger partial charge on any atom is -0.482 e. The molecule has 0 aliphatic heterocycles. The summed E-state index contributed by atoms with van der Waals surface area (Å²) in [7, 11) is 0. The molecule has 3 N–H and O–H groups in total. The van der Waals surface area contributed by atoms with E-state index in [-0.39, 0.29) is 12.4 Å². The fourth-order valence-electron chi connectivity index (χ4n) is 2.17. The van der Waals surface area contributed by atoms with Gasteiger partial charge in [0.05, 0.1) is 5.56 Å². The maximum Gasteiger partial charge on any atom is 0.276 e. The van der Waals surface area contributed by atoms with E-state index in [1.54, 1.807) is 30.3 Å². The van der Waals surface area contributed by atoms with Crippen molar-refractivity contribution in [3.8, 4) is 11.8 Å². The molecule has 1 unspecified atom stereocenters. The van der Waals surface area contributed by atoms with Crippen molar-refractivity contribution in [3.63, 3.8) is 0 Å². The van der Waals surface area contributed by atoms with E-state index in [1.165, 1.54) is 13.0 Å². The maximum absolute atomic E-state index is 12.0. The number of benzene rings is 2. The number of hydrazine groups is 1. The van der Waals surface area contributed by atoms with Crippen molar-refractivity contribution in [1.29, 1.82) is 5.26 Å². The van der Waals surface area contributed by atoms with E-state index >= 15 is 0 Å². The Hall–Kier alpha value is -4.12. The zero-order valence-corrected chi connectivity index (χ0v) is 15.7. The largest absolute Gasteiger partial charge is 0.482 e. The second-order valence-electron chi connectivity index (χ2n) is 5.91. The van der Waals surface area contributed by atoms with E-state index in [0.717, 1.165) is 5.56 Å². The molecule has 0 saturated heterocycles. The number of rotatable bonds is 7. The normalized spacial score (nSPS) is 11.2. The molecule has 2 rings (SSSR count). The van der Waals surface area contributed by atoms with Crippen LogP contribution in [0.4, 0.5) is 0 Å². The summed E-state index contributed by atoms with van der Waals surface area (Å²) in [6.07, 6.45) is 2.94. The average molecular weight is 392 g/mol. The summed E-state index contributed by atoms with van der Waals surface area (Å²) in [5.74, 6) is -1.40. The van der Waals surface area contributed by atoms with Crippen molar-refractivity contribution in [2.45, 2.75) is 13.0 Å². The Morgan fingerprint density at radius 3 is 2.48 bits per heavy atom. The SMILES string of the molecule is CC(NC(=O)C=Cc1ccccc1)C(=O)NNC(=O)COc1ccccc1C#N. The number of amides is 3. The monoisotopic (exact) mass is 392 g/mol. The fourth-order valence-corrected chi connectivity index (χ4v) is 2.17. The van der Waals surface area contributed by atoms with Crippen LogP contribution in [0.15, 0.2) is 60.7 Å². The summed E-state index contributed by atoms with van der Waals surface area (Å²) in [5, 5.41) is 11.5. The van der Waals surface area contributed by atoms with Crippen LogP contribution in [0, 0.1) is 11.3 Å². The third-order valence-electron chi connectivity index (χ3n) is 3.67. The van der Waals surface area contributed by atoms with Crippen LogP contribution in [0.1, 0.15) is 18.1 Å². The van der Waals surface area contributed by atoms with Gasteiger partial charge in [0.2, 0.25) is 5.91 Å². The molecule has 29 heavy (non-hydrogen) atoms. The average Bonchev–Trinajstić information content (AvgIpc) is 2.75. The quantitative estimate of drug-likeness (QED) is 0.485. The predicted molar refractivity (Wildman–Crippen MR) is 106 cm³/mol. The van der Waals surface area contributed by atoms with Crippen LogP contribution in [0.3, 0.4) is 0 Å². The number of nitrogens with one attached hydrogen (secondary N) is 3. The van der Waals surface area contributed by atoms with Gasteiger partial charge in [-0.2, -0.15) is 5.26 Å². The van der Waals surface area contributed by atoms with E-state index in [4.69, 9.17) is 10.00 Å². The molecule has 8 nitrogen and oxygen atoms in total. The Morgan fingerprint density at radius 1 is 1.07 bits per heavy atom. The lowest BCUT2D eigenvalue weighted by Gasteiger charge is -2.14. The Balaban J connectivity index is 1.73. The standard InChI is InChI=1S/C21H20N4O4/c1-15(23-19(26)12-11-16-7-3-2-4-8-16)21(28)25-24-20(27)14-29-18-10-6-5-9-17(18)13-22/h2-12,15H,14H2,1H3,(H,23,26)(H,24,27)(H,25,28). The maximum atomic E-state index is 12.0. The van der Waals surface area contributed by atoms with Crippen molar-refractivity contribution < 1.29 is 19.1 Å². The van der Waals surface area contributed by atoms with E-state index in [1.807, 2.05) is 36.4 Å². The predicted octanol–water partition coefficient (Wildman–Crippen LogP) is 1.30. The van der Waals surface area contributed by atoms with Crippen LogP contribution in [0.2, 0.25) is 0 Å². The van der Waals surface area contributed by atoms with Gasteiger partial charge in [0.15, 0.2) is 6.61 Å². The minimum absolute atomic E-state index is 0.266. The lowest BCUT2D eigenvalue weighted by atomic mass is 10.2. The number of nitriles is 1. The molecule has 0 heterocycles. The van der Waals surface area contributed by atoms with E-state index in [0.29, 0.717) is 5.56 Å². The van der Waals surface area contributed by atoms with Crippen molar-refractivity contribution >= 4 is 23.8 Å². The van der Waals surface area contributed by atoms with Crippen LogP contribution in [-0.4, -0.2) is 30.4 Å². The van der Waals surface area contributed by atoms with Gasteiger partial charge in [0, 0.05) is 6.08 Å². The number of ether oxygens (including phenoxy) is 1. The molecule has 0 aliphatic carbocycles. The van der Waals surface area contributed by atoms with E-state index in [2.05, 4.69) is 16.2 Å². The fraction of sp³-hybridized carbons (Fsp3) is 0.143. The summed E-state index contributed by atoms with van der Waals surface area (Å²) < 4.78 is 5.26. The molecule has 0 bridgehead atoms. The zero-order chi connectivity index (χ0) is 21.1. The molecule has 0 aliphatic rings. The molecule has 0 fully saturated rings. The highest BCUT2D eigenvalue weighted by Crippen LogP contribution is 2.15. The van der Waals surface area contributed by atoms with Gasteiger partial charge in [-0.3, -0.25) is 25.2 Å².